The van der Waals surface area contributed by atoms with Crippen molar-refractivity contribution in [2.24, 2.45) is 0 Å². The first-order valence-corrected chi connectivity index (χ1v) is 11.6. The zero-order valence-corrected chi connectivity index (χ0v) is 20.7. The minimum atomic E-state index is -0.384. The van der Waals surface area contributed by atoms with Crippen LogP contribution in [0.3, 0.4) is 0 Å². The second-order valence-corrected chi connectivity index (χ2v) is 8.29. The number of benzene rings is 1. The molecule has 0 spiro atoms. The molecule has 1 aliphatic heterocycles. The number of nitro benzene ring substituents is 1. The molecule has 10 heteroatoms. The highest BCUT2D eigenvalue weighted by Crippen LogP contribution is 2.35. The fourth-order valence-corrected chi connectivity index (χ4v) is 4.04. The summed E-state index contributed by atoms with van der Waals surface area (Å²) >= 11 is 7.75. The summed E-state index contributed by atoms with van der Waals surface area (Å²) in [6.45, 7) is 10.1. The summed E-state index contributed by atoms with van der Waals surface area (Å²) in [4.78, 5) is 25.1. The third-order valence-corrected chi connectivity index (χ3v) is 5.50. The first-order valence-electron chi connectivity index (χ1n) is 10.4. The maximum Gasteiger partial charge on any atom is 0.284 e. The molecule has 0 atom stereocenters. The summed E-state index contributed by atoms with van der Waals surface area (Å²) in [5.41, 5.74) is 1.06. The quantitative estimate of drug-likeness (QED) is 0.334. The normalized spacial score (nSPS) is 13.0. The Morgan fingerprint density at radius 2 is 1.87 bits per heavy atom. The van der Waals surface area contributed by atoms with E-state index in [0.717, 1.165) is 18.7 Å². The van der Waals surface area contributed by atoms with Gasteiger partial charge in [-0.25, -0.2) is 4.31 Å². The smallest absolute Gasteiger partial charge is 0.284 e. The van der Waals surface area contributed by atoms with Gasteiger partial charge in [-0.2, -0.15) is 5.10 Å². The van der Waals surface area contributed by atoms with E-state index in [1.807, 2.05) is 18.2 Å². The molecule has 0 bridgehead atoms. The molecule has 0 saturated carbocycles. The number of fused-ring (bicyclic) bond motifs is 1. The van der Waals surface area contributed by atoms with Gasteiger partial charge in [0, 0.05) is 33.3 Å². The van der Waals surface area contributed by atoms with Crippen LogP contribution in [0.5, 0.6) is 0 Å². The number of para-hydroxylation sites is 1. The van der Waals surface area contributed by atoms with Gasteiger partial charge < -0.3 is 4.90 Å². The Labute approximate surface area is 193 Å². The summed E-state index contributed by atoms with van der Waals surface area (Å²) in [5, 5.41) is 15.9. The fourth-order valence-electron chi connectivity index (χ4n) is 2.70. The van der Waals surface area contributed by atoms with Crippen molar-refractivity contribution in [2.75, 3.05) is 20.6 Å². The van der Waals surface area contributed by atoms with E-state index in [9.17, 15) is 14.9 Å². The van der Waals surface area contributed by atoms with Crippen molar-refractivity contribution in [3.8, 4) is 0 Å². The van der Waals surface area contributed by atoms with Gasteiger partial charge in [0.25, 0.3) is 11.6 Å². The Morgan fingerprint density at radius 1 is 1.26 bits per heavy atom. The lowest BCUT2D eigenvalue weighted by Gasteiger charge is -2.18. The topological polar surface area (TPSA) is 84.5 Å². The molecule has 3 rings (SSSR count). The number of nitrogens with zero attached hydrogens (tertiary/aromatic N) is 5. The van der Waals surface area contributed by atoms with E-state index >= 15 is 0 Å². The van der Waals surface area contributed by atoms with Crippen LogP contribution < -0.4 is 0 Å². The predicted molar refractivity (Wildman–Crippen MR) is 127 cm³/mol. The van der Waals surface area contributed by atoms with E-state index in [0.29, 0.717) is 23.0 Å². The summed E-state index contributed by atoms with van der Waals surface area (Å²) < 4.78 is 3.78. The van der Waals surface area contributed by atoms with Gasteiger partial charge in [0.05, 0.1) is 22.2 Å². The molecular formula is C21H32ClN5O3S. The summed E-state index contributed by atoms with van der Waals surface area (Å²) in [7, 11) is 3.31. The Kier molecular flexibility index (Phi) is 11.6. The van der Waals surface area contributed by atoms with Crippen LogP contribution in [0, 0.1) is 10.1 Å². The van der Waals surface area contributed by atoms with Gasteiger partial charge in [-0.05, 0) is 24.4 Å². The Balaban J connectivity index is 0.000000884. The van der Waals surface area contributed by atoms with Gasteiger partial charge in [0.2, 0.25) is 0 Å². The Morgan fingerprint density at radius 3 is 2.45 bits per heavy atom. The second kappa shape index (κ2) is 13.3. The van der Waals surface area contributed by atoms with E-state index in [-0.39, 0.29) is 22.2 Å². The largest absolute Gasteiger partial charge is 0.343 e. The maximum absolute atomic E-state index is 12.2. The highest BCUT2D eigenvalue weighted by Gasteiger charge is 2.27. The Bertz CT molecular complexity index is 873. The zero-order valence-electron chi connectivity index (χ0n) is 19.1. The van der Waals surface area contributed by atoms with Gasteiger partial charge >= 0.3 is 0 Å². The number of halogens is 1. The van der Waals surface area contributed by atoms with Crippen LogP contribution >= 0.6 is 23.5 Å². The van der Waals surface area contributed by atoms with Crippen molar-refractivity contribution in [3.63, 3.8) is 0 Å². The molecule has 8 nitrogen and oxygen atoms in total. The number of carbonyl (C=O) groups is 1. The van der Waals surface area contributed by atoms with Crippen LogP contribution in [0.15, 0.2) is 29.2 Å². The average molecular weight is 470 g/mol. The molecule has 0 aliphatic carbocycles. The second-order valence-electron chi connectivity index (χ2n) is 6.77. The van der Waals surface area contributed by atoms with Crippen LogP contribution in [-0.2, 0) is 13.1 Å². The monoisotopic (exact) mass is 469 g/mol. The number of rotatable bonds is 4. The van der Waals surface area contributed by atoms with Crippen LogP contribution in [0.2, 0.25) is 5.02 Å². The summed E-state index contributed by atoms with van der Waals surface area (Å²) in [6.07, 6.45) is 2.05. The molecule has 1 aromatic heterocycles. The average Bonchev–Trinajstić information content (AvgIpc) is 2.92. The van der Waals surface area contributed by atoms with Crippen molar-refractivity contribution in [1.82, 2.24) is 19.0 Å². The van der Waals surface area contributed by atoms with Crippen molar-refractivity contribution < 1.29 is 9.72 Å². The number of carbonyl (C=O) groups excluding carboxylic acids is 1. The third kappa shape index (κ3) is 7.22. The minimum absolute atomic E-state index is 0.0739. The van der Waals surface area contributed by atoms with E-state index in [4.69, 9.17) is 11.6 Å². The molecule has 2 heterocycles. The van der Waals surface area contributed by atoms with Crippen LogP contribution in [0.1, 0.15) is 56.7 Å². The van der Waals surface area contributed by atoms with Crippen molar-refractivity contribution in [1.29, 1.82) is 0 Å². The minimum Gasteiger partial charge on any atom is -0.343 e. The lowest BCUT2D eigenvalue weighted by atomic mass is 10.3. The van der Waals surface area contributed by atoms with E-state index in [2.05, 4.69) is 18.9 Å². The highest BCUT2D eigenvalue weighted by molar-refractivity contribution is 7.97. The number of aromatic nitrogens is 2. The van der Waals surface area contributed by atoms with Gasteiger partial charge in [-0.1, -0.05) is 57.8 Å². The maximum atomic E-state index is 12.2. The van der Waals surface area contributed by atoms with E-state index in [1.54, 1.807) is 37.0 Å². The number of nitro groups is 1. The molecule has 1 aliphatic rings. The first kappa shape index (κ1) is 26.9. The molecule has 2 aromatic rings. The van der Waals surface area contributed by atoms with Crippen LogP contribution in [-0.4, -0.2) is 50.5 Å². The van der Waals surface area contributed by atoms with E-state index < -0.39 is 0 Å². The highest BCUT2D eigenvalue weighted by atomic mass is 35.5. The predicted octanol–water partition coefficient (Wildman–Crippen LogP) is 5.50. The van der Waals surface area contributed by atoms with Crippen molar-refractivity contribution >= 4 is 35.1 Å². The van der Waals surface area contributed by atoms with Crippen molar-refractivity contribution in [2.45, 2.75) is 58.5 Å². The zero-order chi connectivity index (χ0) is 23.6. The number of hydrogen-bond acceptors (Lipinski definition) is 6. The SMILES string of the molecule is CC.CCC.CN(C)C(=O)c1nn2c(c1Cl)CN(Sc1ccccc1[N+](=O)[O-])CCC2. The molecular weight excluding hydrogens is 438 g/mol. The number of amides is 1. The summed E-state index contributed by atoms with van der Waals surface area (Å²) in [5.74, 6) is -0.242. The standard InChI is InChI=1S/C16H18ClN5O3S.C3H8.C2H6/c1-19(2)16(23)15-14(17)12-10-20(8-5-9-21(12)18-15)26-13-7-4-3-6-11(13)22(24)25;1-3-2;1-2/h3-4,6-7H,5,8-10H2,1-2H3;3H2,1-2H3;1-2H3. The van der Waals surface area contributed by atoms with Crippen molar-refractivity contribution in [3.05, 3.63) is 50.8 Å². The first-order chi connectivity index (χ1) is 14.8. The molecule has 1 aromatic carbocycles. The molecule has 0 N–H and O–H groups in total. The van der Waals surface area contributed by atoms with Crippen LogP contribution in [0.4, 0.5) is 5.69 Å². The van der Waals surface area contributed by atoms with Crippen LogP contribution in [0.25, 0.3) is 0 Å². The molecule has 172 valence electrons. The number of aryl methyl sites for hydroxylation is 1. The molecule has 0 saturated heterocycles. The van der Waals surface area contributed by atoms with Gasteiger partial charge in [-0.15, -0.1) is 0 Å². The lowest BCUT2D eigenvalue weighted by molar-refractivity contribution is -0.387. The lowest BCUT2D eigenvalue weighted by Crippen LogP contribution is -2.23. The van der Waals surface area contributed by atoms with E-state index in [1.165, 1.54) is 29.3 Å². The van der Waals surface area contributed by atoms with Gasteiger partial charge in [0.15, 0.2) is 5.69 Å². The number of hydrogen-bond donors (Lipinski definition) is 0. The molecule has 0 fully saturated rings. The fraction of sp³-hybridized carbons (Fsp3) is 0.524. The molecule has 31 heavy (non-hydrogen) atoms. The summed E-state index contributed by atoms with van der Waals surface area (Å²) in [6, 6.07) is 6.65. The third-order valence-electron chi connectivity index (χ3n) is 4.00. The Hall–Kier alpha value is -2.10. The van der Waals surface area contributed by atoms with Gasteiger partial charge in [0.1, 0.15) is 4.90 Å². The molecule has 0 radical (unpaired) electrons. The molecule has 1 amide bonds. The van der Waals surface area contributed by atoms with Gasteiger partial charge in [-0.3, -0.25) is 19.6 Å². The molecule has 0 unspecified atom stereocenters.